The van der Waals surface area contributed by atoms with Crippen molar-refractivity contribution < 1.29 is 28.6 Å². The number of nitrogens with zero attached hydrogens (tertiary/aromatic N) is 2. The van der Waals surface area contributed by atoms with Crippen molar-refractivity contribution in [2.45, 2.75) is 39.2 Å². The number of amides is 1. The Balaban J connectivity index is 2.00. The highest BCUT2D eigenvalue weighted by atomic mass is 16.5. The lowest BCUT2D eigenvalue weighted by molar-refractivity contribution is -0.129. The van der Waals surface area contributed by atoms with Crippen molar-refractivity contribution in [1.82, 2.24) is 9.80 Å². The third kappa shape index (κ3) is 5.62. The van der Waals surface area contributed by atoms with Crippen molar-refractivity contribution in [2.24, 2.45) is 0 Å². The van der Waals surface area contributed by atoms with Crippen molar-refractivity contribution in [3.05, 3.63) is 59.3 Å². The van der Waals surface area contributed by atoms with Gasteiger partial charge in [-0.25, -0.2) is 0 Å². The summed E-state index contributed by atoms with van der Waals surface area (Å²) in [4.78, 5) is 29.7. The lowest BCUT2D eigenvalue weighted by atomic mass is 9.94. The molecule has 1 aliphatic rings. The van der Waals surface area contributed by atoms with Crippen LogP contribution < -0.4 is 9.47 Å². The van der Waals surface area contributed by atoms with Gasteiger partial charge in [0, 0.05) is 13.1 Å². The van der Waals surface area contributed by atoms with E-state index in [-0.39, 0.29) is 11.3 Å². The fourth-order valence-corrected chi connectivity index (χ4v) is 3.93. The summed E-state index contributed by atoms with van der Waals surface area (Å²) in [5, 5.41) is 10.7. The molecule has 1 aromatic carbocycles. The molecule has 8 heteroatoms. The Labute approximate surface area is 200 Å². The number of carbonyl (C=O) groups is 2. The van der Waals surface area contributed by atoms with Gasteiger partial charge < -0.3 is 28.8 Å². The van der Waals surface area contributed by atoms with Gasteiger partial charge in [0.15, 0.2) is 23.0 Å². The van der Waals surface area contributed by atoms with E-state index in [1.165, 1.54) is 17.2 Å². The zero-order valence-corrected chi connectivity index (χ0v) is 20.4. The predicted molar refractivity (Wildman–Crippen MR) is 128 cm³/mol. The zero-order valence-electron chi connectivity index (χ0n) is 20.4. The van der Waals surface area contributed by atoms with Crippen LogP contribution >= 0.6 is 0 Å². The first-order valence-corrected chi connectivity index (χ1v) is 11.8. The van der Waals surface area contributed by atoms with Crippen LogP contribution in [0.4, 0.5) is 0 Å². The normalized spacial score (nSPS) is 16.0. The van der Waals surface area contributed by atoms with E-state index in [4.69, 9.17) is 13.9 Å². The third-order valence-electron chi connectivity index (χ3n) is 5.67. The Hall–Kier alpha value is -3.26. The molecule has 0 saturated carbocycles. The molecule has 2 heterocycles. The molecule has 0 radical (unpaired) electrons. The van der Waals surface area contributed by atoms with Crippen LogP contribution in [-0.4, -0.2) is 67.0 Å². The molecule has 2 aromatic rings. The predicted octanol–water partition coefficient (Wildman–Crippen LogP) is 4.39. The number of ether oxygens (including phenoxy) is 2. The molecule has 1 atom stereocenters. The number of Topliss-reactive ketones (excluding diaryl/α,β-unsaturated/α-hetero) is 1. The smallest absolute Gasteiger partial charge is 0.290 e. The SMILES string of the molecule is CCCCCOc1ccc(C2C(C(=O)c3ccco3)=C(O)C(=O)N2CCN(C)C)cc1OCC. The van der Waals surface area contributed by atoms with Gasteiger partial charge in [-0.15, -0.1) is 0 Å². The lowest BCUT2D eigenvalue weighted by Gasteiger charge is -2.28. The van der Waals surface area contributed by atoms with Crippen LogP contribution in [0.5, 0.6) is 11.5 Å². The van der Waals surface area contributed by atoms with E-state index in [2.05, 4.69) is 6.92 Å². The Morgan fingerprint density at radius 3 is 2.59 bits per heavy atom. The highest BCUT2D eigenvalue weighted by Crippen LogP contribution is 2.41. The first kappa shape index (κ1) is 25.4. The second-order valence-corrected chi connectivity index (χ2v) is 8.47. The number of furan rings is 1. The van der Waals surface area contributed by atoms with E-state index in [0.29, 0.717) is 43.4 Å². The Morgan fingerprint density at radius 2 is 1.94 bits per heavy atom. The summed E-state index contributed by atoms with van der Waals surface area (Å²) in [5.41, 5.74) is 0.646. The van der Waals surface area contributed by atoms with Crippen molar-refractivity contribution in [3.8, 4) is 11.5 Å². The van der Waals surface area contributed by atoms with E-state index in [1.807, 2.05) is 32.0 Å². The Morgan fingerprint density at radius 1 is 1.15 bits per heavy atom. The molecular formula is C26H34N2O6. The number of hydrogen-bond donors (Lipinski definition) is 1. The average molecular weight is 471 g/mol. The van der Waals surface area contributed by atoms with Gasteiger partial charge in [-0.05, 0) is 57.3 Å². The van der Waals surface area contributed by atoms with Crippen molar-refractivity contribution >= 4 is 11.7 Å². The standard InChI is InChI=1S/C26H34N2O6/c1-5-7-8-15-33-19-12-11-18(17-21(19)32-6-2)23-22(24(29)20-10-9-16-34-20)25(30)26(31)28(23)14-13-27(3)4/h9-12,16-17,23,30H,5-8,13-15H2,1-4H3. The fraction of sp³-hybridized carbons (Fsp3) is 0.462. The second-order valence-electron chi connectivity index (χ2n) is 8.47. The van der Waals surface area contributed by atoms with Crippen LogP contribution in [-0.2, 0) is 4.79 Å². The summed E-state index contributed by atoms with van der Waals surface area (Å²) in [6.07, 6.45) is 4.51. The topological polar surface area (TPSA) is 92.5 Å². The highest BCUT2D eigenvalue weighted by molar-refractivity contribution is 6.15. The third-order valence-corrected chi connectivity index (χ3v) is 5.67. The number of ketones is 1. The van der Waals surface area contributed by atoms with Crippen molar-refractivity contribution in [3.63, 3.8) is 0 Å². The second kappa shape index (κ2) is 11.7. The first-order valence-electron chi connectivity index (χ1n) is 11.8. The minimum Gasteiger partial charge on any atom is -0.503 e. The number of carbonyl (C=O) groups excluding carboxylic acids is 2. The summed E-state index contributed by atoms with van der Waals surface area (Å²) in [7, 11) is 3.80. The summed E-state index contributed by atoms with van der Waals surface area (Å²) in [6, 6.07) is 7.73. The summed E-state index contributed by atoms with van der Waals surface area (Å²) in [6.45, 7) is 5.92. The minimum atomic E-state index is -0.779. The number of likely N-dealkylation sites (N-methyl/N-ethyl adjacent to an activating group) is 1. The van der Waals surface area contributed by atoms with Crippen molar-refractivity contribution in [1.29, 1.82) is 0 Å². The highest BCUT2D eigenvalue weighted by Gasteiger charge is 2.44. The number of hydrogen-bond acceptors (Lipinski definition) is 7. The van der Waals surface area contributed by atoms with Gasteiger partial charge in [0.25, 0.3) is 5.91 Å². The number of rotatable bonds is 13. The van der Waals surface area contributed by atoms with Crippen LogP contribution in [0.2, 0.25) is 0 Å². The summed E-state index contributed by atoms with van der Waals surface area (Å²) < 4.78 is 17.0. The number of aliphatic hydroxyl groups excluding tert-OH is 1. The van der Waals surface area contributed by atoms with Crippen LogP contribution in [0, 0.1) is 0 Å². The molecule has 1 N–H and O–H groups in total. The van der Waals surface area contributed by atoms with Crippen LogP contribution in [0.1, 0.15) is 55.3 Å². The van der Waals surface area contributed by atoms with Crippen molar-refractivity contribution in [2.75, 3.05) is 40.4 Å². The number of aliphatic hydroxyl groups is 1. The molecule has 0 aliphatic carbocycles. The molecule has 1 aromatic heterocycles. The molecule has 1 amide bonds. The van der Waals surface area contributed by atoms with Gasteiger partial charge in [0.1, 0.15) is 0 Å². The van der Waals surface area contributed by atoms with E-state index < -0.39 is 23.5 Å². The quantitative estimate of drug-likeness (QED) is 0.343. The van der Waals surface area contributed by atoms with Crippen LogP contribution in [0.3, 0.4) is 0 Å². The molecule has 34 heavy (non-hydrogen) atoms. The van der Waals surface area contributed by atoms with E-state index in [1.54, 1.807) is 18.2 Å². The average Bonchev–Trinajstić information content (AvgIpc) is 3.43. The van der Waals surface area contributed by atoms with Crippen LogP contribution in [0.25, 0.3) is 0 Å². The molecule has 0 saturated heterocycles. The largest absolute Gasteiger partial charge is 0.503 e. The van der Waals surface area contributed by atoms with Crippen LogP contribution in [0.15, 0.2) is 52.3 Å². The zero-order chi connectivity index (χ0) is 24.7. The molecule has 8 nitrogen and oxygen atoms in total. The van der Waals surface area contributed by atoms with E-state index >= 15 is 0 Å². The molecule has 1 unspecified atom stereocenters. The molecule has 0 fully saturated rings. The molecule has 0 spiro atoms. The van der Waals surface area contributed by atoms with Gasteiger partial charge in [-0.2, -0.15) is 0 Å². The van der Waals surface area contributed by atoms with E-state index in [0.717, 1.165) is 19.3 Å². The monoisotopic (exact) mass is 470 g/mol. The molecule has 1 aliphatic heterocycles. The maximum absolute atomic E-state index is 13.3. The Kier molecular flexibility index (Phi) is 8.76. The summed E-state index contributed by atoms with van der Waals surface area (Å²) in [5.74, 6) is -0.450. The first-order chi connectivity index (χ1) is 16.4. The maximum atomic E-state index is 13.3. The van der Waals surface area contributed by atoms with Gasteiger partial charge in [-0.1, -0.05) is 25.8 Å². The molecule has 0 bridgehead atoms. The molecule has 3 rings (SSSR count). The van der Waals surface area contributed by atoms with Gasteiger partial charge in [0.2, 0.25) is 5.78 Å². The lowest BCUT2D eigenvalue weighted by Crippen LogP contribution is -2.36. The van der Waals surface area contributed by atoms with E-state index in [9.17, 15) is 14.7 Å². The van der Waals surface area contributed by atoms with Gasteiger partial charge >= 0.3 is 0 Å². The molecule has 184 valence electrons. The minimum absolute atomic E-state index is 0.00207. The molecular weight excluding hydrogens is 436 g/mol. The Bertz CT molecular complexity index is 1010. The summed E-state index contributed by atoms with van der Waals surface area (Å²) >= 11 is 0. The number of unbranched alkanes of at least 4 members (excludes halogenated alkanes) is 2. The van der Waals surface area contributed by atoms with Gasteiger partial charge in [-0.3, -0.25) is 9.59 Å². The maximum Gasteiger partial charge on any atom is 0.290 e. The fourth-order valence-electron chi connectivity index (χ4n) is 3.93. The van der Waals surface area contributed by atoms with Gasteiger partial charge in [0.05, 0.1) is 31.1 Å². The number of benzene rings is 1.